The van der Waals surface area contributed by atoms with E-state index in [2.05, 4.69) is 4.72 Å². The quantitative estimate of drug-likeness (QED) is 0.195. The van der Waals surface area contributed by atoms with Gasteiger partial charge in [-0.3, -0.25) is 4.99 Å². The zero-order valence-corrected chi connectivity index (χ0v) is 23.9. The normalized spacial score (nSPS) is 13.2. The highest BCUT2D eigenvalue weighted by molar-refractivity contribution is 7.89. The van der Waals surface area contributed by atoms with Crippen LogP contribution in [0.4, 0.5) is 0 Å². The maximum atomic E-state index is 13.9. The summed E-state index contributed by atoms with van der Waals surface area (Å²) in [7, 11) is -4.04. The van der Waals surface area contributed by atoms with Crippen LogP contribution in [0.2, 0.25) is 0 Å². The van der Waals surface area contributed by atoms with Gasteiger partial charge in [0.2, 0.25) is 10.0 Å². The Morgan fingerprint density at radius 1 is 0.750 bits per heavy atom. The second-order valence-corrected chi connectivity index (χ2v) is 12.2. The fourth-order valence-electron chi connectivity index (χ4n) is 4.20. The van der Waals surface area contributed by atoms with Gasteiger partial charge in [-0.25, -0.2) is 17.9 Å². The third-order valence-corrected chi connectivity index (χ3v) is 7.56. The molecule has 4 aromatic rings. The number of esters is 1. The first kappa shape index (κ1) is 28.9. The van der Waals surface area contributed by atoms with Crippen molar-refractivity contribution in [3.63, 3.8) is 0 Å². The lowest BCUT2D eigenvalue weighted by Crippen LogP contribution is -2.42. The summed E-state index contributed by atoms with van der Waals surface area (Å²) in [6, 6.07) is 32.3. The maximum Gasteiger partial charge on any atom is 0.333 e. The minimum absolute atomic E-state index is 0.0947. The van der Waals surface area contributed by atoms with Gasteiger partial charge in [0.25, 0.3) is 0 Å². The molecule has 0 saturated heterocycles. The predicted octanol–water partition coefficient (Wildman–Crippen LogP) is 6.26. The van der Waals surface area contributed by atoms with Gasteiger partial charge in [-0.1, -0.05) is 109 Å². The van der Waals surface area contributed by atoms with Crippen LogP contribution < -0.4 is 4.72 Å². The molecule has 0 heterocycles. The van der Waals surface area contributed by atoms with Crippen molar-refractivity contribution in [2.45, 2.75) is 50.3 Å². The number of benzene rings is 4. The van der Waals surface area contributed by atoms with Gasteiger partial charge in [-0.2, -0.15) is 0 Å². The Balaban J connectivity index is 1.92. The number of hydrogen-bond donors (Lipinski definition) is 1. The molecule has 206 valence electrons. The van der Waals surface area contributed by atoms with E-state index in [1.807, 2.05) is 73.7 Å². The van der Waals surface area contributed by atoms with E-state index in [1.54, 1.807) is 69.3 Å². The van der Waals surface area contributed by atoms with Gasteiger partial charge in [0.15, 0.2) is 6.04 Å². The minimum Gasteiger partial charge on any atom is -0.458 e. The van der Waals surface area contributed by atoms with Crippen molar-refractivity contribution in [1.82, 2.24) is 4.72 Å². The fraction of sp³-hybridized carbons (Fsp3) is 0.212. The van der Waals surface area contributed by atoms with Gasteiger partial charge >= 0.3 is 5.97 Å². The van der Waals surface area contributed by atoms with Crippen LogP contribution in [0.3, 0.4) is 0 Å². The summed E-state index contributed by atoms with van der Waals surface area (Å²) in [6.45, 7) is 7.21. The number of nitrogens with zero attached hydrogens (tertiary/aromatic N) is 1. The second-order valence-electron chi connectivity index (χ2n) is 10.5. The van der Waals surface area contributed by atoms with E-state index < -0.39 is 33.7 Å². The van der Waals surface area contributed by atoms with Crippen LogP contribution in [-0.2, 0) is 19.6 Å². The lowest BCUT2D eigenvalue weighted by Gasteiger charge is -2.28. The van der Waals surface area contributed by atoms with Crippen LogP contribution in [0.5, 0.6) is 0 Å². The number of carbonyl (C=O) groups is 1. The van der Waals surface area contributed by atoms with Crippen LogP contribution in [0.15, 0.2) is 125 Å². The largest absolute Gasteiger partial charge is 0.458 e. The van der Waals surface area contributed by atoms with Gasteiger partial charge in [-0.15, -0.1) is 0 Å². The molecule has 7 heteroatoms. The maximum absolute atomic E-state index is 13.9. The molecule has 0 fully saturated rings. The Bertz CT molecular complexity index is 1500. The molecule has 40 heavy (non-hydrogen) atoms. The highest BCUT2D eigenvalue weighted by Crippen LogP contribution is 2.27. The third kappa shape index (κ3) is 7.52. The molecule has 0 aliphatic rings. The van der Waals surface area contributed by atoms with Crippen molar-refractivity contribution in [3.05, 3.63) is 138 Å². The number of aliphatic imine (C=N–C) groups is 1. The second kappa shape index (κ2) is 12.4. The molecule has 0 aliphatic carbocycles. The first-order valence-corrected chi connectivity index (χ1v) is 14.6. The molecule has 4 rings (SSSR count). The van der Waals surface area contributed by atoms with Crippen molar-refractivity contribution < 1.29 is 17.9 Å². The van der Waals surface area contributed by atoms with E-state index in [-0.39, 0.29) is 4.90 Å². The van der Waals surface area contributed by atoms with Gasteiger partial charge in [0.05, 0.1) is 16.6 Å². The van der Waals surface area contributed by atoms with Crippen molar-refractivity contribution >= 4 is 21.7 Å². The van der Waals surface area contributed by atoms with Gasteiger partial charge < -0.3 is 4.74 Å². The van der Waals surface area contributed by atoms with Crippen LogP contribution in [0.25, 0.3) is 0 Å². The minimum atomic E-state index is -4.04. The summed E-state index contributed by atoms with van der Waals surface area (Å²) < 4.78 is 35.9. The molecule has 0 saturated carbocycles. The molecule has 0 radical (unpaired) electrons. The van der Waals surface area contributed by atoms with E-state index >= 15 is 0 Å². The van der Waals surface area contributed by atoms with Gasteiger partial charge in [0.1, 0.15) is 5.60 Å². The number of aryl methyl sites for hydroxylation is 1. The summed E-state index contributed by atoms with van der Waals surface area (Å²) in [6.07, 6.45) is 0. The molecule has 4 aromatic carbocycles. The van der Waals surface area contributed by atoms with E-state index in [4.69, 9.17) is 9.73 Å². The van der Waals surface area contributed by atoms with Gasteiger partial charge in [0, 0.05) is 11.1 Å². The first-order chi connectivity index (χ1) is 19.0. The number of sulfonamides is 1. The molecular formula is C33H34N2O4S. The number of carbonyl (C=O) groups excluding carboxylic acids is 1. The average molecular weight is 555 g/mol. The van der Waals surface area contributed by atoms with E-state index in [9.17, 15) is 13.2 Å². The molecule has 0 aromatic heterocycles. The number of nitrogens with one attached hydrogen (secondary N) is 1. The SMILES string of the molecule is Cc1ccc(S(=O)(=O)N[C@H](c2ccccc2)[C@@H](N=C(c2ccccc2)c2ccccc2)C(=O)OC(C)(C)C)cc1. The Morgan fingerprint density at radius 2 is 1.23 bits per heavy atom. The lowest BCUT2D eigenvalue weighted by atomic mass is 9.98. The highest BCUT2D eigenvalue weighted by Gasteiger charge is 2.37. The van der Waals surface area contributed by atoms with E-state index in [1.165, 1.54) is 0 Å². The molecule has 2 atom stereocenters. The number of hydrogen-bond acceptors (Lipinski definition) is 5. The topological polar surface area (TPSA) is 84.8 Å². The van der Waals surface area contributed by atoms with E-state index in [0.717, 1.165) is 16.7 Å². The van der Waals surface area contributed by atoms with Crippen molar-refractivity contribution in [2.75, 3.05) is 0 Å². The fourth-order valence-corrected chi connectivity index (χ4v) is 5.43. The molecule has 6 nitrogen and oxygen atoms in total. The van der Waals surface area contributed by atoms with E-state index in [0.29, 0.717) is 11.3 Å². The summed E-state index contributed by atoms with van der Waals surface area (Å²) in [5.74, 6) is -0.641. The molecule has 1 N–H and O–H groups in total. The van der Waals surface area contributed by atoms with Crippen molar-refractivity contribution in [3.8, 4) is 0 Å². The zero-order chi connectivity index (χ0) is 28.8. The number of rotatable bonds is 9. The third-order valence-electron chi connectivity index (χ3n) is 6.10. The molecule has 0 aliphatic heterocycles. The smallest absolute Gasteiger partial charge is 0.333 e. The molecule has 0 spiro atoms. The average Bonchev–Trinajstić information content (AvgIpc) is 2.93. The molecule has 0 amide bonds. The monoisotopic (exact) mass is 554 g/mol. The standard InChI is InChI=1S/C33H34N2O4S/c1-24-20-22-28(23-21-24)40(37,38)35-30(27-18-12-7-13-19-27)31(32(36)39-33(2,3)4)34-29(25-14-8-5-9-15-25)26-16-10-6-11-17-26/h5-23,30-31,35H,1-4H3/t30-,31-/m1/s1. The summed E-state index contributed by atoms with van der Waals surface area (Å²) in [5.41, 5.74) is 2.82. The number of ether oxygens (including phenoxy) is 1. The Labute approximate surface area is 236 Å². The van der Waals surface area contributed by atoms with Crippen molar-refractivity contribution in [1.29, 1.82) is 0 Å². The first-order valence-electron chi connectivity index (χ1n) is 13.1. The molecule has 0 unspecified atom stereocenters. The van der Waals surface area contributed by atoms with Crippen LogP contribution >= 0.6 is 0 Å². The van der Waals surface area contributed by atoms with Crippen LogP contribution in [0.1, 0.15) is 49.1 Å². The summed E-state index contributed by atoms with van der Waals surface area (Å²) >= 11 is 0. The van der Waals surface area contributed by atoms with Crippen LogP contribution in [0, 0.1) is 6.92 Å². The Kier molecular flexibility index (Phi) is 8.97. The van der Waals surface area contributed by atoms with Crippen LogP contribution in [-0.4, -0.2) is 31.7 Å². The molecular weight excluding hydrogens is 520 g/mol. The lowest BCUT2D eigenvalue weighted by molar-refractivity contribution is -0.157. The summed E-state index contributed by atoms with van der Waals surface area (Å²) in [5, 5.41) is 0. The summed E-state index contributed by atoms with van der Waals surface area (Å²) in [4.78, 5) is 19.0. The van der Waals surface area contributed by atoms with Gasteiger partial charge in [-0.05, 0) is 45.4 Å². The Morgan fingerprint density at radius 3 is 1.70 bits per heavy atom. The molecule has 0 bridgehead atoms. The zero-order valence-electron chi connectivity index (χ0n) is 23.1. The van der Waals surface area contributed by atoms with Crippen molar-refractivity contribution in [2.24, 2.45) is 4.99 Å². The Hall–Kier alpha value is -4.07. The predicted molar refractivity (Wildman–Crippen MR) is 159 cm³/mol. The highest BCUT2D eigenvalue weighted by atomic mass is 32.2.